The van der Waals surface area contributed by atoms with E-state index in [1.807, 2.05) is 6.07 Å². The second-order valence-electron chi connectivity index (χ2n) is 4.97. The first-order valence-electron chi connectivity index (χ1n) is 5.09. The Bertz CT molecular complexity index is 555. The van der Waals surface area contributed by atoms with E-state index in [0.717, 1.165) is 11.0 Å². The molecule has 0 unspecified atom stereocenters. The van der Waals surface area contributed by atoms with Crippen LogP contribution in [-0.2, 0) is 12.5 Å². The molecular formula is C12H16N2O. The van der Waals surface area contributed by atoms with Crippen LogP contribution in [0.2, 0.25) is 0 Å². The second-order valence-corrected chi connectivity index (χ2v) is 4.97. The van der Waals surface area contributed by atoms with E-state index in [-0.39, 0.29) is 11.1 Å². The largest absolute Gasteiger partial charge is 0.326 e. The number of aryl methyl sites for hydroxylation is 1. The molecule has 0 bridgehead atoms. The summed E-state index contributed by atoms with van der Waals surface area (Å²) in [7, 11) is 1.78. The SMILES string of the molecule is Cn1c(=O)[nH]c2cc(C(C)(C)C)ccc21. The van der Waals surface area contributed by atoms with Crippen molar-refractivity contribution >= 4 is 11.0 Å². The number of hydrogen-bond acceptors (Lipinski definition) is 1. The van der Waals surface area contributed by atoms with Gasteiger partial charge in [0.25, 0.3) is 0 Å². The molecule has 0 aliphatic rings. The van der Waals surface area contributed by atoms with Crippen molar-refractivity contribution in [3.63, 3.8) is 0 Å². The highest BCUT2D eigenvalue weighted by atomic mass is 16.1. The van der Waals surface area contributed by atoms with E-state index in [4.69, 9.17) is 0 Å². The van der Waals surface area contributed by atoms with Crippen molar-refractivity contribution in [2.24, 2.45) is 7.05 Å². The Morgan fingerprint density at radius 3 is 2.53 bits per heavy atom. The van der Waals surface area contributed by atoms with E-state index in [1.54, 1.807) is 11.6 Å². The number of nitrogens with one attached hydrogen (secondary N) is 1. The molecular weight excluding hydrogens is 188 g/mol. The van der Waals surface area contributed by atoms with Crippen LogP contribution >= 0.6 is 0 Å². The molecule has 0 saturated heterocycles. The molecule has 1 aromatic heterocycles. The zero-order valence-electron chi connectivity index (χ0n) is 9.59. The molecule has 3 heteroatoms. The normalized spacial score (nSPS) is 12.3. The lowest BCUT2D eigenvalue weighted by Gasteiger charge is -2.18. The van der Waals surface area contributed by atoms with Crippen LogP contribution in [0.25, 0.3) is 11.0 Å². The highest BCUT2D eigenvalue weighted by Crippen LogP contribution is 2.24. The summed E-state index contributed by atoms with van der Waals surface area (Å²) in [6, 6.07) is 6.13. The number of nitrogens with zero attached hydrogens (tertiary/aromatic N) is 1. The number of aromatic nitrogens is 2. The molecule has 0 aliphatic heterocycles. The van der Waals surface area contributed by atoms with Crippen molar-refractivity contribution < 1.29 is 0 Å². The van der Waals surface area contributed by atoms with Crippen molar-refractivity contribution in [3.05, 3.63) is 34.2 Å². The molecule has 0 aliphatic carbocycles. The predicted molar refractivity (Wildman–Crippen MR) is 62.2 cm³/mol. The Morgan fingerprint density at radius 2 is 1.93 bits per heavy atom. The maximum Gasteiger partial charge on any atom is 0.326 e. The van der Waals surface area contributed by atoms with Gasteiger partial charge < -0.3 is 4.98 Å². The van der Waals surface area contributed by atoms with Gasteiger partial charge in [0, 0.05) is 7.05 Å². The summed E-state index contributed by atoms with van der Waals surface area (Å²) < 4.78 is 1.63. The van der Waals surface area contributed by atoms with Crippen molar-refractivity contribution in [3.8, 4) is 0 Å². The summed E-state index contributed by atoms with van der Waals surface area (Å²) in [4.78, 5) is 14.3. The number of aromatic amines is 1. The van der Waals surface area contributed by atoms with Gasteiger partial charge in [-0.3, -0.25) is 4.57 Å². The quantitative estimate of drug-likeness (QED) is 0.701. The minimum absolute atomic E-state index is 0.0592. The van der Waals surface area contributed by atoms with E-state index in [1.165, 1.54) is 5.56 Å². The minimum atomic E-state index is -0.0592. The molecule has 3 nitrogen and oxygen atoms in total. The third-order valence-electron chi connectivity index (χ3n) is 2.77. The summed E-state index contributed by atoms with van der Waals surface area (Å²) in [6.45, 7) is 6.49. The van der Waals surface area contributed by atoms with Crippen LogP contribution in [-0.4, -0.2) is 9.55 Å². The number of hydrogen-bond donors (Lipinski definition) is 1. The standard InChI is InChI=1S/C12H16N2O/c1-12(2,3)8-5-6-10-9(7-8)13-11(15)14(10)4/h5-7H,1-4H3,(H,13,15). The van der Waals surface area contributed by atoms with Gasteiger partial charge in [-0.25, -0.2) is 4.79 Å². The van der Waals surface area contributed by atoms with Crippen molar-refractivity contribution in [2.75, 3.05) is 0 Å². The van der Waals surface area contributed by atoms with E-state index in [2.05, 4.69) is 37.9 Å². The van der Waals surface area contributed by atoms with E-state index < -0.39 is 0 Å². The number of imidazole rings is 1. The average molecular weight is 204 g/mol. The van der Waals surface area contributed by atoms with Gasteiger partial charge in [-0.05, 0) is 23.1 Å². The minimum Gasteiger partial charge on any atom is -0.306 e. The Labute approximate surface area is 88.7 Å². The Hall–Kier alpha value is -1.51. The van der Waals surface area contributed by atoms with E-state index in [0.29, 0.717) is 0 Å². The lowest BCUT2D eigenvalue weighted by Crippen LogP contribution is -2.11. The van der Waals surface area contributed by atoms with Crippen LogP contribution in [0.3, 0.4) is 0 Å². The van der Waals surface area contributed by atoms with Gasteiger partial charge in [0.05, 0.1) is 11.0 Å². The van der Waals surface area contributed by atoms with Gasteiger partial charge in [-0.2, -0.15) is 0 Å². The molecule has 0 saturated carbocycles. The van der Waals surface area contributed by atoms with Crippen LogP contribution < -0.4 is 5.69 Å². The Balaban J connectivity index is 2.73. The number of rotatable bonds is 0. The molecule has 0 spiro atoms. The maximum atomic E-state index is 11.4. The lowest BCUT2D eigenvalue weighted by molar-refractivity contribution is 0.591. The van der Waals surface area contributed by atoms with Gasteiger partial charge in [-0.1, -0.05) is 26.8 Å². The van der Waals surface area contributed by atoms with Gasteiger partial charge in [0.15, 0.2) is 0 Å². The van der Waals surface area contributed by atoms with Crippen molar-refractivity contribution in [1.82, 2.24) is 9.55 Å². The van der Waals surface area contributed by atoms with Gasteiger partial charge in [0.1, 0.15) is 0 Å². The first-order chi connectivity index (χ1) is 6.89. The maximum absolute atomic E-state index is 11.4. The van der Waals surface area contributed by atoms with Gasteiger partial charge >= 0.3 is 5.69 Å². The highest BCUT2D eigenvalue weighted by molar-refractivity contribution is 5.76. The first-order valence-corrected chi connectivity index (χ1v) is 5.09. The molecule has 0 atom stereocenters. The van der Waals surface area contributed by atoms with Gasteiger partial charge in [0.2, 0.25) is 0 Å². The Kier molecular flexibility index (Phi) is 2.00. The van der Waals surface area contributed by atoms with Crippen LogP contribution in [0.5, 0.6) is 0 Å². The Morgan fingerprint density at radius 1 is 1.27 bits per heavy atom. The summed E-state index contributed by atoms with van der Waals surface area (Å²) in [5, 5.41) is 0. The van der Waals surface area contributed by atoms with Crippen LogP contribution in [0.4, 0.5) is 0 Å². The molecule has 1 aromatic carbocycles. The predicted octanol–water partition coefficient (Wildman–Crippen LogP) is 2.16. The third-order valence-corrected chi connectivity index (χ3v) is 2.77. The zero-order valence-corrected chi connectivity index (χ0v) is 9.59. The molecule has 0 fully saturated rings. The molecule has 1 heterocycles. The summed E-state index contributed by atoms with van der Waals surface area (Å²) in [5.74, 6) is 0. The smallest absolute Gasteiger partial charge is 0.306 e. The fourth-order valence-electron chi connectivity index (χ4n) is 1.70. The average Bonchev–Trinajstić information content (AvgIpc) is 2.41. The van der Waals surface area contributed by atoms with Crippen molar-refractivity contribution in [2.45, 2.75) is 26.2 Å². The monoisotopic (exact) mass is 204 g/mol. The van der Waals surface area contributed by atoms with Gasteiger partial charge in [-0.15, -0.1) is 0 Å². The molecule has 1 N–H and O–H groups in total. The molecule has 0 amide bonds. The fourth-order valence-corrected chi connectivity index (χ4v) is 1.70. The molecule has 80 valence electrons. The summed E-state index contributed by atoms with van der Waals surface area (Å²) in [5.41, 5.74) is 3.15. The molecule has 2 aromatic rings. The zero-order chi connectivity index (χ0) is 11.2. The summed E-state index contributed by atoms with van der Waals surface area (Å²) in [6.07, 6.45) is 0. The fraction of sp³-hybridized carbons (Fsp3) is 0.417. The van der Waals surface area contributed by atoms with E-state index >= 15 is 0 Å². The second kappa shape index (κ2) is 2.99. The number of H-pyrrole nitrogens is 1. The van der Waals surface area contributed by atoms with Crippen LogP contribution in [0.1, 0.15) is 26.3 Å². The highest BCUT2D eigenvalue weighted by Gasteiger charge is 2.14. The van der Waals surface area contributed by atoms with Crippen LogP contribution in [0, 0.1) is 0 Å². The van der Waals surface area contributed by atoms with Crippen LogP contribution in [0.15, 0.2) is 23.0 Å². The topological polar surface area (TPSA) is 37.8 Å². The molecule has 15 heavy (non-hydrogen) atoms. The third kappa shape index (κ3) is 1.58. The molecule has 0 radical (unpaired) electrons. The summed E-state index contributed by atoms with van der Waals surface area (Å²) >= 11 is 0. The van der Waals surface area contributed by atoms with E-state index in [9.17, 15) is 4.79 Å². The lowest BCUT2D eigenvalue weighted by atomic mass is 9.87. The number of fused-ring (bicyclic) bond motifs is 1. The van der Waals surface area contributed by atoms with Crippen molar-refractivity contribution in [1.29, 1.82) is 0 Å². The first kappa shape index (κ1) is 10.0. The number of benzene rings is 1. The molecule has 2 rings (SSSR count).